The van der Waals surface area contributed by atoms with Crippen molar-refractivity contribution in [1.82, 2.24) is 14.7 Å². The zero-order chi connectivity index (χ0) is 15.3. The van der Waals surface area contributed by atoms with E-state index in [1.54, 1.807) is 11.3 Å². The molecule has 4 atom stereocenters. The molecule has 2 saturated carbocycles. The number of nitrogens with zero attached hydrogens (tertiary/aromatic N) is 2. The van der Waals surface area contributed by atoms with Crippen LogP contribution in [0, 0.1) is 24.7 Å². The molecule has 0 radical (unpaired) electrons. The van der Waals surface area contributed by atoms with E-state index in [2.05, 4.69) is 17.2 Å². The van der Waals surface area contributed by atoms with Crippen molar-refractivity contribution in [2.45, 2.75) is 52.0 Å². The Bertz CT molecular complexity index is 704. The van der Waals surface area contributed by atoms with Gasteiger partial charge in [0.25, 0.3) is 0 Å². The van der Waals surface area contributed by atoms with E-state index in [1.807, 2.05) is 22.9 Å². The molecule has 4 nitrogen and oxygen atoms in total. The van der Waals surface area contributed by atoms with Gasteiger partial charge in [0.05, 0.1) is 12.1 Å². The van der Waals surface area contributed by atoms with Crippen LogP contribution < -0.4 is 5.32 Å². The number of imidazole rings is 1. The normalized spacial score (nSPS) is 28.4. The highest BCUT2D eigenvalue weighted by atomic mass is 32.1. The molecule has 22 heavy (non-hydrogen) atoms. The summed E-state index contributed by atoms with van der Waals surface area (Å²) >= 11 is 1.60. The number of carbonyl (C=O) groups excluding carboxylic acids is 1. The third kappa shape index (κ3) is 2.45. The van der Waals surface area contributed by atoms with Crippen molar-refractivity contribution in [2.24, 2.45) is 17.8 Å². The first-order chi connectivity index (χ1) is 10.6. The first-order valence-corrected chi connectivity index (χ1v) is 9.19. The smallest absolute Gasteiger partial charge is 0.226 e. The van der Waals surface area contributed by atoms with Gasteiger partial charge >= 0.3 is 0 Å². The molecule has 4 rings (SSSR count). The summed E-state index contributed by atoms with van der Waals surface area (Å²) in [6.45, 7) is 4.18. The van der Waals surface area contributed by atoms with Gasteiger partial charge in [-0.25, -0.2) is 4.98 Å². The molecule has 2 heterocycles. The molecular formula is C17H23N3OS. The number of fused-ring (bicyclic) bond motifs is 3. The number of aryl methyl sites for hydroxylation is 1. The van der Waals surface area contributed by atoms with Crippen molar-refractivity contribution < 1.29 is 4.79 Å². The highest BCUT2D eigenvalue weighted by molar-refractivity contribution is 7.15. The van der Waals surface area contributed by atoms with Gasteiger partial charge in [-0.2, -0.15) is 0 Å². The van der Waals surface area contributed by atoms with Crippen LogP contribution in [0.5, 0.6) is 0 Å². The molecule has 1 amide bonds. The second-order valence-electron chi connectivity index (χ2n) is 7.13. The maximum Gasteiger partial charge on any atom is 0.226 e. The van der Waals surface area contributed by atoms with E-state index in [0.717, 1.165) is 28.2 Å². The van der Waals surface area contributed by atoms with E-state index >= 15 is 0 Å². The van der Waals surface area contributed by atoms with Gasteiger partial charge in [0.1, 0.15) is 0 Å². The molecule has 5 heteroatoms. The fourth-order valence-corrected chi connectivity index (χ4v) is 5.47. The minimum atomic E-state index is 0.140. The Morgan fingerprint density at radius 2 is 2.36 bits per heavy atom. The average Bonchev–Trinajstić information content (AvgIpc) is 3.21. The van der Waals surface area contributed by atoms with Crippen molar-refractivity contribution in [1.29, 1.82) is 0 Å². The monoisotopic (exact) mass is 317 g/mol. The molecule has 2 aliphatic rings. The Morgan fingerprint density at radius 3 is 3.09 bits per heavy atom. The predicted octanol–water partition coefficient (Wildman–Crippen LogP) is 3.19. The zero-order valence-corrected chi connectivity index (χ0v) is 14.0. The van der Waals surface area contributed by atoms with Gasteiger partial charge in [0.2, 0.25) is 5.91 Å². The molecule has 0 aromatic carbocycles. The van der Waals surface area contributed by atoms with Crippen LogP contribution in [-0.2, 0) is 11.2 Å². The summed E-state index contributed by atoms with van der Waals surface area (Å²) in [5, 5.41) is 5.29. The SMILES string of the molecule is Cc1cn2c(CC(=O)N[C@@H](C)[C@H]3C[C@H]4CC[C@H]3C4)csc2n1. The van der Waals surface area contributed by atoms with Gasteiger partial charge in [-0.05, 0) is 50.9 Å². The standard InChI is InChI=1S/C17H23N3OS/c1-10-8-20-14(9-22-17(20)18-10)7-16(21)19-11(2)15-6-12-3-4-13(15)5-12/h8-9,11-13,15H,3-7H2,1-2H3,(H,19,21)/t11-,12-,13-,15+/m0/s1. The van der Waals surface area contributed by atoms with E-state index in [0.29, 0.717) is 18.4 Å². The number of aromatic nitrogens is 2. The van der Waals surface area contributed by atoms with E-state index in [9.17, 15) is 4.79 Å². The first kappa shape index (κ1) is 14.2. The summed E-state index contributed by atoms with van der Waals surface area (Å²) in [6.07, 6.45) is 7.94. The number of hydrogen-bond acceptors (Lipinski definition) is 3. The number of rotatable bonds is 4. The highest BCUT2D eigenvalue weighted by Gasteiger charge is 2.42. The van der Waals surface area contributed by atoms with Gasteiger partial charge in [0.15, 0.2) is 4.96 Å². The third-order valence-electron chi connectivity index (χ3n) is 5.57. The quantitative estimate of drug-likeness (QED) is 0.941. The summed E-state index contributed by atoms with van der Waals surface area (Å²) in [4.78, 5) is 17.8. The van der Waals surface area contributed by atoms with Gasteiger partial charge < -0.3 is 5.32 Å². The van der Waals surface area contributed by atoms with E-state index in [-0.39, 0.29) is 5.91 Å². The summed E-state index contributed by atoms with van der Waals surface area (Å²) in [6, 6.07) is 0.307. The molecule has 1 N–H and O–H groups in total. The van der Waals surface area contributed by atoms with Crippen LogP contribution in [0.15, 0.2) is 11.6 Å². The minimum absolute atomic E-state index is 0.140. The molecule has 2 aromatic rings. The Labute approximate surface area is 134 Å². The Morgan fingerprint density at radius 1 is 1.50 bits per heavy atom. The second kappa shape index (κ2) is 5.37. The molecule has 2 aliphatic carbocycles. The van der Waals surface area contributed by atoms with Crippen LogP contribution in [0.2, 0.25) is 0 Å². The van der Waals surface area contributed by atoms with Crippen molar-refractivity contribution in [2.75, 3.05) is 0 Å². The minimum Gasteiger partial charge on any atom is -0.353 e. The number of thiazole rings is 1. The molecule has 2 aromatic heterocycles. The molecule has 2 bridgehead atoms. The van der Waals surface area contributed by atoms with Gasteiger partial charge in [-0.15, -0.1) is 11.3 Å². The summed E-state index contributed by atoms with van der Waals surface area (Å²) < 4.78 is 2.04. The topological polar surface area (TPSA) is 46.4 Å². The molecule has 0 aliphatic heterocycles. The lowest BCUT2D eigenvalue weighted by Crippen LogP contribution is -2.40. The van der Waals surface area contributed by atoms with Crippen molar-refractivity contribution >= 4 is 22.2 Å². The molecular weight excluding hydrogens is 294 g/mol. The highest BCUT2D eigenvalue weighted by Crippen LogP contribution is 2.49. The largest absolute Gasteiger partial charge is 0.353 e. The van der Waals surface area contributed by atoms with E-state index < -0.39 is 0 Å². The fraction of sp³-hybridized carbons (Fsp3) is 0.647. The Kier molecular flexibility index (Phi) is 3.48. The Hall–Kier alpha value is -1.36. The van der Waals surface area contributed by atoms with Crippen molar-refractivity contribution in [3.8, 4) is 0 Å². The van der Waals surface area contributed by atoms with E-state index in [4.69, 9.17) is 0 Å². The average molecular weight is 317 g/mol. The van der Waals surface area contributed by atoms with Crippen molar-refractivity contribution in [3.63, 3.8) is 0 Å². The third-order valence-corrected chi connectivity index (χ3v) is 6.46. The maximum atomic E-state index is 12.4. The fourth-order valence-electron chi connectivity index (χ4n) is 4.55. The van der Waals surface area contributed by atoms with Crippen LogP contribution >= 0.6 is 11.3 Å². The number of hydrogen-bond donors (Lipinski definition) is 1. The van der Waals surface area contributed by atoms with Crippen LogP contribution in [0.25, 0.3) is 4.96 Å². The van der Waals surface area contributed by atoms with Crippen LogP contribution in [0.4, 0.5) is 0 Å². The van der Waals surface area contributed by atoms with Crippen molar-refractivity contribution in [3.05, 3.63) is 23.0 Å². The lowest BCUT2D eigenvalue weighted by molar-refractivity contribution is -0.121. The van der Waals surface area contributed by atoms with Crippen LogP contribution in [-0.4, -0.2) is 21.3 Å². The summed E-state index contributed by atoms with van der Waals surface area (Å²) in [5.74, 6) is 2.62. The molecule has 0 spiro atoms. The molecule has 0 saturated heterocycles. The van der Waals surface area contributed by atoms with E-state index in [1.165, 1.54) is 25.7 Å². The number of nitrogens with one attached hydrogen (secondary N) is 1. The van der Waals surface area contributed by atoms with Gasteiger partial charge in [-0.3, -0.25) is 9.20 Å². The van der Waals surface area contributed by atoms with Gasteiger partial charge in [0, 0.05) is 23.3 Å². The number of carbonyl (C=O) groups is 1. The molecule has 2 fully saturated rings. The lowest BCUT2D eigenvalue weighted by atomic mass is 9.84. The first-order valence-electron chi connectivity index (χ1n) is 8.31. The van der Waals surface area contributed by atoms with Gasteiger partial charge in [-0.1, -0.05) is 6.42 Å². The molecule has 118 valence electrons. The van der Waals surface area contributed by atoms with Crippen LogP contribution in [0.3, 0.4) is 0 Å². The summed E-state index contributed by atoms with van der Waals surface area (Å²) in [7, 11) is 0. The lowest BCUT2D eigenvalue weighted by Gasteiger charge is -2.28. The van der Waals surface area contributed by atoms with Crippen LogP contribution in [0.1, 0.15) is 44.0 Å². The zero-order valence-electron chi connectivity index (χ0n) is 13.2. The summed E-state index contributed by atoms with van der Waals surface area (Å²) in [5.41, 5.74) is 2.04. The Balaban J connectivity index is 1.40. The number of amides is 1. The predicted molar refractivity (Wildman–Crippen MR) is 88.1 cm³/mol. The maximum absolute atomic E-state index is 12.4. The molecule has 0 unspecified atom stereocenters. The second-order valence-corrected chi connectivity index (χ2v) is 7.97.